The van der Waals surface area contributed by atoms with Gasteiger partial charge in [-0.1, -0.05) is 0 Å². The maximum Gasteiger partial charge on any atom is 0.248 e. The predicted molar refractivity (Wildman–Crippen MR) is 66.1 cm³/mol. The molecule has 0 aromatic carbocycles. The summed E-state index contributed by atoms with van der Waals surface area (Å²) in [5.41, 5.74) is 0. The molecule has 6 nitrogen and oxygen atoms in total. The number of piperazine rings is 1. The van der Waals surface area contributed by atoms with Crippen molar-refractivity contribution in [2.24, 2.45) is 0 Å². The van der Waals surface area contributed by atoms with Crippen LogP contribution in [0.1, 0.15) is 13.8 Å². The molecule has 6 heteroatoms. The highest BCUT2D eigenvalue weighted by molar-refractivity contribution is 5.79. The molecule has 0 N–H and O–H groups in total. The molecule has 1 aliphatic rings. The Labute approximate surface area is 108 Å². The Kier molecular flexibility index (Phi) is 6.67. The second-order valence-electron chi connectivity index (χ2n) is 4.04. The van der Waals surface area contributed by atoms with E-state index in [1.54, 1.807) is 9.80 Å². The minimum absolute atomic E-state index is 0.00578. The van der Waals surface area contributed by atoms with Gasteiger partial charge in [-0.25, -0.2) is 0 Å². The molecule has 2 amide bonds. The molecule has 0 atom stereocenters. The zero-order chi connectivity index (χ0) is 13.4. The average molecular weight is 258 g/mol. The molecule has 1 heterocycles. The fraction of sp³-hybridized carbons (Fsp3) is 0.833. The van der Waals surface area contributed by atoms with Crippen molar-refractivity contribution < 1.29 is 19.1 Å². The van der Waals surface area contributed by atoms with Gasteiger partial charge in [0.25, 0.3) is 0 Å². The van der Waals surface area contributed by atoms with Gasteiger partial charge in [-0.15, -0.1) is 0 Å². The first-order valence-corrected chi connectivity index (χ1v) is 6.40. The van der Waals surface area contributed by atoms with Crippen molar-refractivity contribution in [2.75, 3.05) is 52.6 Å². The average Bonchev–Trinajstić information content (AvgIpc) is 2.42. The molecule has 1 saturated heterocycles. The van der Waals surface area contributed by atoms with Gasteiger partial charge in [0.1, 0.15) is 13.2 Å². The quantitative estimate of drug-likeness (QED) is 0.658. The van der Waals surface area contributed by atoms with Crippen LogP contribution in [0.2, 0.25) is 0 Å². The Hall–Kier alpha value is -1.14. The highest BCUT2D eigenvalue weighted by Crippen LogP contribution is 2.03. The lowest BCUT2D eigenvalue weighted by Gasteiger charge is -2.34. The van der Waals surface area contributed by atoms with Crippen molar-refractivity contribution in [3.05, 3.63) is 0 Å². The van der Waals surface area contributed by atoms with Crippen LogP contribution in [-0.4, -0.2) is 74.2 Å². The molecule has 1 fully saturated rings. The van der Waals surface area contributed by atoms with Gasteiger partial charge >= 0.3 is 0 Å². The van der Waals surface area contributed by atoms with E-state index in [0.717, 1.165) is 0 Å². The van der Waals surface area contributed by atoms with Crippen LogP contribution in [0.5, 0.6) is 0 Å². The molecule has 0 aromatic rings. The number of amides is 2. The van der Waals surface area contributed by atoms with E-state index in [-0.39, 0.29) is 25.0 Å². The summed E-state index contributed by atoms with van der Waals surface area (Å²) in [4.78, 5) is 26.8. The minimum Gasteiger partial charge on any atom is -0.372 e. The summed E-state index contributed by atoms with van der Waals surface area (Å²) < 4.78 is 10.2. The lowest BCUT2D eigenvalue weighted by atomic mass is 10.3. The third-order valence-corrected chi connectivity index (χ3v) is 2.84. The minimum atomic E-state index is -0.00578. The first kappa shape index (κ1) is 14.9. The van der Waals surface area contributed by atoms with Gasteiger partial charge in [-0.05, 0) is 13.8 Å². The highest BCUT2D eigenvalue weighted by Gasteiger charge is 2.23. The molecule has 1 rings (SSSR count). The van der Waals surface area contributed by atoms with E-state index < -0.39 is 0 Å². The van der Waals surface area contributed by atoms with Gasteiger partial charge < -0.3 is 19.3 Å². The van der Waals surface area contributed by atoms with E-state index in [1.165, 1.54) is 0 Å². The molecule has 0 aliphatic carbocycles. The summed E-state index contributed by atoms with van der Waals surface area (Å²) in [7, 11) is 0. The van der Waals surface area contributed by atoms with Gasteiger partial charge in [0, 0.05) is 39.4 Å². The maximum absolute atomic E-state index is 11.7. The number of nitrogens with zero attached hydrogens (tertiary/aromatic N) is 2. The molecule has 1 aliphatic heterocycles. The molecule has 0 spiro atoms. The maximum atomic E-state index is 11.7. The van der Waals surface area contributed by atoms with E-state index in [0.29, 0.717) is 39.4 Å². The van der Waals surface area contributed by atoms with Crippen LogP contribution < -0.4 is 0 Å². The summed E-state index contributed by atoms with van der Waals surface area (Å²) in [6.07, 6.45) is 0. The first-order chi connectivity index (χ1) is 8.69. The van der Waals surface area contributed by atoms with Gasteiger partial charge in [0.05, 0.1) is 0 Å². The topological polar surface area (TPSA) is 59.1 Å². The molecular weight excluding hydrogens is 236 g/mol. The third-order valence-electron chi connectivity index (χ3n) is 2.84. The lowest BCUT2D eigenvalue weighted by molar-refractivity contribution is -0.144. The molecule has 18 heavy (non-hydrogen) atoms. The van der Waals surface area contributed by atoms with Gasteiger partial charge in [0.2, 0.25) is 11.8 Å². The number of ether oxygens (including phenoxy) is 2. The van der Waals surface area contributed by atoms with E-state index in [2.05, 4.69) is 0 Å². The molecule has 104 valence electrons. The van der Waals surface area contributed by atoms with Crippen molar-refractivity contribution in [1.29, 1.82) is 0 Å². The second-order valence-corrected chi connectivity index (χ2v) is 4.04. The van der Waals surface area contributed by atoms with Crippen LogP contribution in [0.3, 0.4) is 0 Å². The molecule has 0 radical (unpaired) electrons. The highest BCUT2D eigenvalue weighted by atomic mass is 16.5. The summed E-state index contributed by atoms with van der Waals surface area (Å²) in [6.45, 7) is 7.35. The van der Waals surface area contributed by atoms with Crippen LogP contribution >= 0.6 is 0 Å². The standard InChI is InChI=1S/C12H22N2O4/c1-3-17-9-11(15)13-5-7-14(8-6-13)12(16)10-18-4-2/h3-10H2,1-2H3. The predicted octanol–water partition coefficient (Wildman–Crippen LogP) is -0.270. The van der Waals surface area contributed by atoms with Crippen LogP contribution in [-0.2, 0) is 19.1 Å². The summed E-state index contributed by atoms with van der Waals surface area (Å²) in [6, 6.07) is 0. The molecule has 0 bridgehead atoms. The van der Waals surface area contributed by atoms with E-state index in [9.17, 15) is 9.59 Å². The summed E-state index contributed by atoms with van der Waals surface area (Å²) in [5, 5.41) is 0. The van der Waals surface area contributed by atoms with Crippen molar-refractivity contribution in [3.63, 3.8) is 0 Å². The molecule has 0 unspecified atom stereocenters. The van der Waals surface area contributed by atoms with Crippen molar-refractivity contribution in [2.45, 2.75) is 13.8 Å². The Morgan fingerprint density at radius 1 is 0.833 bits per heavy atom. The number of hydrogen-bond acceptors (Lipinski definition) is 4. The fourth-order valence-corrected chi connectivity index (χ4v) is 1.77. The third kappa shape index (κ3) is 4.62. The monoisotopic (exact) mass is 258 g/mol. The van der Waals surface area contributed by atoms with Crippen molar-refractivity contribution in [3.8, 4) is 0 Å². The van der Waals surface area contributed by atoms with E-state index in [4.69, 9.17) is 9.47 Å². The fourth-order valence-electron chi connectivity index (χ4n) is 1.77. The summed E-state index contributed by atoms with van der Waals surface area (Å²) >= 11 is 0. The normalized spacial score (nSPS) is 15.9. The number of carbonyl (C=O) groups is 2. The lowest BCUT2D eigenvalue weighted by Crippen LogP contribution is -2.52. The van der Waals surface area contributed by atoms with Gasteiger partial charge in [0.15, 0.2) is 0 Å². The van der Waals surface area contributed by atoms with Crippen molar-refractivity contribution in [1.82, 2.24) is 9.80 Å². The zero-order valence-electron chi connectivity index (χ0n) is 11.2. The Balaban J connectivity index is 2.27. The Morgan fingerprint density at radius 2 is 1.17 bits per heavy atom. The Bertz CT molecular complexity index is 247. The largest absolute Gasteiger partial charge is 0.372 e. The smallest absolute Gasteiger partial charge is 0.248 e. The molecule has 0 aromatic heterocycles. The molecule has 0 saturated carbocycles. The van der Waals surface area contributed by atoms with Gasteiger partial charge in [-0.2, -0.15) is 0 Å². The first-order valence-electron chi connectivity index (χ1n) is 6.40. The number of hydrogen-bond donors (Lipinski definition) is 0. The van der Waals surface area contributed by atoms with Crippen LogP contribution in [0.4, 0.5) is 0 Å². The summed E-state index contributed by atoms with van der Waals surface area (Å²) in [5.74, 6) is -0.0116. The van der Waals surface area contributed by atoms with Crippen LogP contribution in [0.15, 0.2) is 0 Å². The SMILES string of the molecule is CCOCC(=O)N1CCN(C(=O)COCC)CC1. The van der Waals surface area contributed by atoms with Crippen LogP contribution in [0.25, 0.3) is 0 Å². The number of carbonyl (C=O) groups excluding carboxylic acids is 2. The molecular formula is C12H22N2O4. The van der Waals surface area contributed by atoms with Gasteiger partial charge in [-0.3, -0.25) is 9.59 Å². The zero-order valence-corrected chi connectivity index (χ0v) is 11.2. The second kappa shape index (κ2) is 8.05. The van der Waals surface area contributed by atoms with Crippen LogP contribution in [0, 0.1) is 0 Å². The number of rotatable bonds is 6. The van der Waals surface area contributed by atoms with E-state index in [1.807, 2.05) is 13.8 Å². The van der Waals surface area contributed by atoms with Crippen molar-refractivity contribution >= 4 is 11.8 Å². The Morgan fingerprint density at radius 3 is 1.44 bits per heavy atom. The van der Waals surface area contributed by atoms with E-state index >= 15 is 0 Å².